The Morgan fingerprint density at radius 3 is 1.57 bits per heavy atom. The predicted molar refractivity (Wildman–Crippen MR) is 226 cm³/mol. The molecular formula is C48H86FNO6. The van der Waals surface area contributed by atoms with Crippen LogP contribution in [0.1, 0.15) is 208 Å². The summed E-state index contributed by atoms with van der Waals surface area (Å²) in [6, 6.07) is 0. The standard InChI is InChI=1S/C48H86FNO6/c1-7-13-17-22-39(23-18-14-8-2)30-43(52)55-37-47-28-27-46(36-54-42(51)26-21-29-50(11-5)12-6)31-40(32-47)33-48(34-46,35-47)38-56-45(53)44(49)41(24-19-15-9-3)25-20-16-10-4/h39-41,44H,7-38H2,1-6H3. The molecule has 0 saturated heterocycles. The van der Waals surface area contributed by atoms with Gasteiger partial charge in [0.2, 0.25) is 0 Å². The summed E-state index contributed by atoms with van der Waals surface area (Å²) in [5.74, 6) is -0.501. The van der Waals surface area contributed by atoms with E-state index in [2.05, 4.69) is 46.4 Å². The topological polar surface area (TPSA) is 82.1 Å². The second-order valence-electron chi connectivity index (χ2n) is 19.1. The first-order chi connectivity index (χ1) is 27.0. The fourth-order valence-electron chi connectivity index (χ4n) is 11.2. The molecule has 5 unspecified atom stereocenters. The van der Waals surface area contributed by atoms with Gasteiger partial charge in [-0.3, -0.25) is 9.59 Å². The molecule has 4 aliphatic carbocycles. The molecule has 8 heteroatoms. The van der Waals surface area contributed by atoms with Crippen molar-refractivity contribution in [2.45, 2.75) is 215 Å². The first kappa shape index (κ1) is 48.7. The van der Waals surface area contributed by atoms with Crippen LogP contribution in [0.4, 0.5) is 4.39 Å². The molecule has 0 amide bonds. The van der Waals surface area contributed by atoms with Gasteiger partial charge in [-0.25, -0.2) is 9.18 Å². The van der Waals surface area contributed by atoms with Gasteiger partial charge in [0.25, 0.3) is 0 Å². The van der Waals surface area contributed by atoms with Crippen LogP contribution in [-0.2, 0) is 28.6 Å². The van der Waals surface area contributed by atoms with Crippen molar-refractivity contribution in [3.63, 3.8) is 0 Å². The van der Waals surface area contributed by atoms with Crippen LogP contribution in [0.3, 0.4) is 0 Å². The maximum Gasteiger partial charge on any atom is 0.341 e. The van der Waals surface area contributed by atoms with Crippen molar-refractivity contribution in [2.24, 2.45) is 34.0 Å². The lowest BCUT2D eigenvalue weighted by Gasteiger charge is -2.54. The molecule has 326 valence electrons. The van der Waals surface area contributed by atoms with Crippen molar-refractivity contribution in [1.82, 2.24) is 4.90 Å². The zero-order valence-corrected chi connectivity index (χ0v) is 37.2. The van der Waals surface area contributed by atoms with Crippen LogP contribution in [0, 0.1) is 34.0 Å². The van der Waals surface area contributed by atoms with Crippen LogP contribution in [-0.4, -0.2) is 68.4 Å². The minimum atomic E-state index is -1.61. The van der Waals surface area contributed by atoms with Crippen LogP contribution >= 0.6 is 0 Å². The molecule has 0 radical (unpaired) electrons. The van der Waals surface area contributed by atoms with Crippen molar-refractivity contribution < 1.29 is 33.0 Å². The van der Waals surface area contributed by atoms with Gasteiger partial charge in [-0.2, -0.15) is 0 Å². The highest BCUT2D eigenvalue weighted by Gasteiger charge is 2.60. The Labute approximate surface area is 343 Å². The molecule has 0 aromatic heterocycles. The molecule has 4 saturated carbocycles. The Hall–Kier alpha value is -1.70. The average Bonchev–Trinajstić information content (AvgIpc) is 3.36. The van der Waals surface area contributed by atoms with Gasteiger partial charge in [-0.05, 0) is 109 Å². The Morgan fingerprint density at radius 1 is 0.607 bits per heavy atom. The van der Waals surface area contributed by atoms with E-state index < -0.39 is 12.1 Å². The van der Waals surface area contributed by atoms with Crippen LogP contribution in [0.15, 0.2) is 0 Å². The van der Waals surface area contributed by atoms with Gasteiger partial charge in [0, 0.05) is 35.0 Å². The number of unbranched alkanes of at least 4 members (excludes halogenated alkanes) is 8. The highest BCUT2D eigenvalue weighted by molar-refractivity contribution is 5.75. The molecule has 4 bridgehead atoms. The zero-order chi connectivity index (χ0) is 40.9. The molecule has 56 heavy (non-hydrogen) atoms. The minimum absolute atomic E-state index is 0.0811. The fraction of sp³-hybridized carbons (Fsp3) is 0.938. The van der Waals surface area contributed by atoms with E-state index in [1.54, 1.807) is 0 Å². The van der Waals surface area contributed by atoms with Gasteiger partial charge in [0.05, 0.1) is 19.8 Å². The highest BCUT2D eigenvalue weighted by atomic mass is 19.1. The molecular weight excluding hydrogens is 706 g/mol. The lowest BCUT2D eigenvalue weighted by atomic mass is 9.51. The summed E-state index contributed by atoms with van der Waals surface area (Å²) >= 11 is 0. The SMILES string of the molecule is CCCCCC(CCCCC)CC(=O)OCC12CCC3(COC(=O)CCCN(CC)CC)CC(C1)CC(COC(=O)C(F)C(CCCCC)CCCCC)(C3)C2. The van der Waals surface area contributed by atoms with Crippen LogP contribution in [0.5, 0.6) is 0 Å². The summed E-state index contributed by atoms with van der Waals surface area (Å²) < 4.78 is 34.5. The van der Waals surface area contributed by atoms with E-state index in [9.17, 15) is 14.4 Å². The molecule has 7 nitrogen and oxygen atoms in total. The number of halogens is 1. The maximum absolute atomic E-state index is 16.0. The van der Waals surface area contributed by atoms with Crippen LogP contribution in [0.25, 0.3) is 0 Å². The molecule has 0 aliphatic heterocycles. The number of nitrogens with zero attached hydrogens (tertiary/aromatic N) is 1. The van der Waals surface area contributed by atoms with E-state index >= 15 is 4.39 Å². The van der Waals surface area contributed by atoms with Gasteiger partial charge < -0.3 is 19.1 Å². The Kier molecular flexibility index (Phi) is 22.3. The Balaban J connectivity index is 1.76. The number of ether oxygens (including phenoxy) is 3. The highest BCUT2D eigenvalue weighted by Crippen LogP contribution is 2.66. The van der Waals surface area contributed by atoms with Crippen molar-refractivity contribution in [3.05, 3.63) is 0 Å². The molecule has 4 aliphatic rings. The Bertz CT molecular complexity index is 1110. The van der Waals surface area contributed by atoms with Crippen molar-refractivity contribution in [2.75, 3.05) is 39.5 Å². The Morgan fingerprint density at radius 2 is 1.07 bits per heavy atom. The smallest absolute Gasteiger partial charge is 0.341 e. The number of hydrogen-bond donors (Lipinski definition) is 0. The zero-order valence-electron chi connectivity index (χ0n) is 37.2. The summed E-state index contributed by atoms with van der Waals surface area (Å²) in [5, 5.41) is 0. The third-order valence-corrected chi connectivity index (χ3v) is 14.1. The van der Waals surface area contributed by atoms with Crippen molar-refractivity contribution in [3.8, 4) is 0 Å². The summed E-state index contributed by atoms with van der Waals surface area (Å²) in [6.45, 7) is 16.8. The van der Waals surface area contributed by atoms with Crippen molar-refractivity contribution >= 4 is 17.9 Å². The first-order valence-corrected chi connectivity index (χ1v) is 23.8. The largest absolute Gasteiger partial charge is 0.465 e. The summed E-state index contributed by atoms with van der Waals surface area (Å²) in [7, 11) is 0. The van der Waals surface area contributed by atoms with E-state index in [4.69, 9.17) is 14.2 Å². The number of fused-ring (bicyclic) bond motifs is 1. The van der Waals surface area contributed by atoms with E-state index in [0.717, 1.165) is 148 Å². The number of hydrogen-bond acceptors (Lipinski definition) is 7. The summed E-state index contributed by atoms with van der Waals surface area (Å²) in [5.41, 5.74) is -0.778. The molecule has 0 aromatic carbocycles. The summed E-state index contributed by atoms with van der Waals surface area (Å²) in [4.78, 5) is 42.5. The van der Waals surface area contributed by atoms with E-state index in [-0.39, 0.29) is 40.7 Å². The predicted octanol–water partition coefficient (Wildman–Crippen LogP) is 12.4. The number of carbonyl (C=O) groups is 3. The van der Waals surface area contributed by atoms with Gasteiger partial charge in [-0.1, -0.05) is 119 Å². The fourth-order valence-corrected chi connectivity index (χ4v) is 11.2. The number of alkyl halides is 1. The molecule has 0 heterocycles. The van der Waals surface area contributed by atoms with Gasteiger partial charge in [-0.15, -0.1) is 0 Å². The molecule has 4 rings (SSSR count). The quantitative estimate of drug-likeness (QED) is 0.0381. The third-order valence-electron chi connectivity index (χ3n) is 14.1. The normalized spacial score (nSPS) is 24.9. The van der Waals surface area contributed by atoms with Crippen LogP contribution < -0.4 is 0 Å². The molecule has 4 fully saturated rings. The van der Waals surface area contributed by atoms with Gasteiger partial charge in [0.1, 0.15) is 0 Å². The van der Waals surface area contributed by atoms with E-state index in [1.165, 1.54) is 25.7 Å². The monoisotopic (exact) mass is 792 g/mol. The van der Waals surface area contributed by atoms with E-state index in [1.807, 2.05) is 0 Å². The van der Waals surface area contributed by atoms with Crippen LogP contribution in [0.2, 0.25) is 0 Å². The molecule has 0 spiro atoms. The third kappa shape index (κ3) is 16.2. The minimum Gasteiger partial charge on any atom is -0.465 e. The maximum atomic E-state index is 16.0. The average molecular weight is 792 g/mol. The summed E-state index contributed by atoms with van der Waals surface area (Å²) in [6.07, 6.45) is 23.0. The number of carbonyl (C=O) groups excluding carboxylic acids is 3. The first-order valence-electron chi connectivity index (χ1n) is 23.8. The van der Waals surface area contributed by atoms with Crippen molar-refractivity contribution in [1.29, 1.82) is 0 Å². The molecule has 5 atom stereocenters. The lowest BCUT2D eigenvalue weighted by molar-refractivity contribution is -0.168. The number of esters is 3. The molecule has 0 aromatic rings. The van der Waals surface area contributed by atoms with E-state index in [0.29, 0.717) is 37.9 Å². The van der Waals surface area contributed by atoms with Gasteiger partial charge >= 0.3 is 17.9 Å². The number of rotatable bonds is 32. The molecule has 0 N–H and O–H groups in total. The second-order valence-corrected chi connectivity index (χ2v) is 19.1. The lowest BCUT2D eigenvalue weighted by Crippen LogP contribution is -2.50. The second kappa shape index (κ2) is 25.7. The van der Waals surface area contributed by atoms with Gasteiger partial charge in [0.15, 0.2) is 6.17 Å².